The highest BCUT2D eigenvalue weighted by atomic mass is 35.5. The number of nitrogens with zero attached hydrogens (tertiary/aromatic N) is 2. The minimum Gasteiger partial charge on any atom is -0.465 e. The lowest BCUT2D eigenvalue weighted by Crippen LogP contribution is -2.48. The molecule has 1 amide bonds. The average Bonchev–Trinajstić information content (AvgIpc) is 3.27. The second-order valence-corrected chi connectivity index (χ2v) is 8.57. The van der Waals surface area contributed by atoms with Crippen LogP contribution in [0.2, 0.25) is 5.02 Å². The molecule has 0 spiro atoms. The molecule has 1 aliphatic heterocycles. The van der Waals surface area contributed by atoms with E-state index in [4.69, 9.17) is 20.4 Å². The Labute approximate surface area is 181 Å². The summed E-state index contributed by atoms with van der Waals surface area (Å²) in [6.45, 7) is 10.0. The molecule has 3 aromatic rings. The first-order chi connectivity index (χ1) is 14.3. The molecule has 1 saturated heterocycles. The fourth-order valence-electron chi connectivity index (χ4n) is 4.00. The Hall–Kier alpha value is -2.28. The SMILES string of the molecule is Cc1ccc([C@H](CNC(=O)c2oc3cc(C)c(Cl)cc3c2C)N2CCN(C)CC2)o1. The summed E-state index contributed by atoms with van der Waals surface area (Å²) in [4.78, 5) is 17.7. The van der Waals surface area contributed by atoms with Crippen LogP contribution in [0.1, 0.15) is 39.2 Å². The molecule has 1 fully saturated rings. The summed E-state index contributed by atoms with van der Waals surface area (Å²) in [5, 5.41) is 4.60. The average molecular weight is 430 g/mol. The number of nitrogens with one attached hydrogen (secondary N) is 1. The highest BCUT2D eigenvalue weighted by Gasteiger charge is 2.28. The maximum atomic E-state index is 13.0. The van der Waals surface area contributed by atoms with Crippen molar-refractivity contribution in [3.8, 4) is 0 Å². The lowest BCUT2D eigenvalue weighted by atomic mass is 10.1. The van der Waals surface area contributed by atoms with Crippen LogP contribution >= 0.6 is 11.6 Å². The number of benzene rings is 1. The van der Waals surface area contributed by atoms with Crippen molar-refractivity contribution in [1.82, 2.24) is 15.1 Å². The molecule has 7 heteroatoms. The van der Waals surface area contributed by atoms with Crippen molar-refractivity contribution in [3.05, 3.63) is 57.7 Å². The van der Waals surface area contributed by atoms with Crippen molar-refractivity contribution in [3.63, 3.8) is 0 Å². The fourth-order valence-corrected chi connectivity index (χ4v) is 4.17. The van der Waals surface area contributed by atoms with Crippen LogP contribution in [-0.2, 0) is 0 Å². The van der Waals surface area contributed by atoms with E-state index in [1.54, 1.807) is 0 Å². The molecule has 1 N–H and O–H groups in total. The second-order valence-electron chi connectivity index (χ2n) is 8.17. The molecule has 1 aliphatic rings. The number of halogens is 1. The lowest BCUT2D eigenvalue weighted by molar-refractivity contribution is 0.0831. The Morgan fingerprint density at radius 1 is 1.13 bits per heavy atom. The Balaban J connectivity index is 1.54. The van der Waals surface area contributed by atoms with Crippen molar-refractivity contribution < 1.29 is 13.6 Å². The van der Waals surface area contributed by atoms with Crippen molar-refractivity contribution in [2.75, 3.05) is 39.8 Å². The quantitative estimate of drug-likeness (QED) is 0.654. The van der Waals surface area contributed by atoms with Crippen molar-refractivity contribution in [2.24, 2.45) is 0 Å². The van der Waals surface area contributed by atoms with Crippen molar-refractivity contribution in [2.45, 2.75) is 26.8 Å². The van der Waals surface area contributed by atoms with E-state index in [0.717, 1.165) is 54.2 Å². The largest absolute Gasteiger partial charge is 0.465 e. The third-order valence-electron chi connectivity index (χ3n) is 5.95. The zero-order valence-electron chi connectivity index (χ0n) is 17.9. The van der Waals surface area contributed by atoms with Crippen LogP contribution in [0.3, 0.4) is 0 Å². The highest BCUT2D eigenvalue weighted by molar-refractivity contribution is 6.32. The topological polar surface area (TPSA) is 61.9 Å². The smallest absolute Gasteiger partial charge is 0.287 e. The van der Waals surface area contributed by atoms with Gasteiger partial charge in [0, 0.05) is 48.7 Å². The van der Waals surface area contributed by atoms with Gasteiger partial charge < -0.3 is 19.1 Å². The van der Waals surface area contributed by atoms with Gasteiger partial charge in [-0.15, -0.1) is 0 Å². The predicted octanol–water partition coefficient (Wildman–Crippen LogP) is 4.32. The van der Waals surface area contributed by atoms with Gasteiger partial charge in [0.1, 0.15) is 17.1 Å². The van der Waals surface area contributed by atoms with Crippen LogP contribution in [0.25, 0.3) is 11.0 Å². The van der Waals surface area contributed by atoms with E-state index in [-0.39, 0.29) is 11.9 Å². The van der Waals surface area contributed by atoms with Crippen LogP contribution in [-0.4, -0.2) is 55.5 Å². The molecule has 0 saturated carbocycles. The van der Waals surface area contributed by atoms with Gasteiger partial charge >= 0.3 is 0 Å². The lowest BCUT2D eigenvalue weighted by Gasteiger charge is -2.37. The van der Waals surface area contributed by atoms with E-state index in [9.17, 15) is 4.79 Å². The summed E-state index contributed by atoms with van der Waals surface area (Å²) in [5.74, 6) is 1.86. The Kier molecular flexibility index (Phi) is 5.91. The summed E-state index contributed by atoms with van der Waals surface area (Å²) in [7, 11) is 2.13. The first-order valence-electron chi connectivity index (χ1n) is 10.3. The Morgan fingerprint density at radius 2 is 1.87 bits per heavy atom. The first-order valence-corrected chi connectivity index (χ1v) is 10.7. The number of piperazine rings is 1. The number of aryl methyl sites for hydroxylation is 3. The number of furan rings is 2. The molecule has 0 bridgehead atoms. The standard InChI is InChI=1S/C23H28ClN3O3/c1-14-11-21-17(12-18(14)24)16(3)22(30-21)23(28)25-13-19(20-6-5-15(2)29-20)27-9-7-26(4)8-10-27/h5-6,11-12,19H,7-10,13H2,1-4H3,(H,25,28)/t19-/m0/s1. The van der Waals surface area contributed by atoms with Gasteiger partial charge in [-0.25, -0.2) is 0 Å². The van der Waals surface area contributed by atoms with Gasteiger partial charge in [-0.1, -0.05) is 11.6 Å². The predicted molar refractivity (Wildman–Crippen MR) is 118 cm³/mol. The van der Waals surface area contributed by atoms with Gasteiger partial charge in [-0.05, 0) is 57.6 Å². The number of hydrogen-bond donors (Lipinski definition) is 1. The molecular weight excluding hydrogens is 402 g/mol. The number of fused-ring (bicyclic) bond motifs is 1. The van der Waals surface area contributed by atoms with Crippen molar-refractivity contribution >= 4 is 28.5 Å². The third kappa shape index (κ3) is 4.13. The number of amides is 1. The molecular formula is C23H28ClN3O3. The summed E-state index contributed by atoms with van der Waals surface area (Å²) >= 11 is 6.26. The second kappa shape index (κ2) is 8.46. The van der Waals surface area contributed by atoms with Gasteiger partial charge in [0.15, 0.2) is 5.76 Å². The van der Waals surface area contributed by atoms with Crippen molar-refractivity contribution in [1.29, 1.82) is 0 Å². The zero-order chi connectivity index (χ0) is 21.4. The highest BCUT2D eigenvalue weighted by Crippen LogP contribution is 2.30. The molecule has 4 rings (SSSR count). The molecule has 0 aliphatic carbocycles. The van der Waals surface area contributed by atoms with Gasteiger partial charge in [0.25, 0.3) is 5.91 Å². The summed E-state index contributed by atoms with van der Waals surface area (Å²) in [6, 6.07) is 7.69. The molecule has 1 aromatic carbocycles. The molecule has 2 aromatic heterocycles. The van der Waals surface area contributed by atoms with Gasteiger partial charge in [0.05, 0.1) is 6.04 Å². The minimum atomic E-state index is -0.222. The third-order valence-corrected chi connectivity index (χ3v) is 6.36. The van der Waals surface area contributed by atoms with E-state index in [1.807, 2.05) is 45.0 Å². The molecule has 1 atom stereocenters. The Morgan fingerprint density at radius 3 is 2.53 bits per heavy atom. The van der Waals surface area contributed by atoms with E-state index in [2.05, 4.69) is 22.2 Å². The van der Waals surface area contributed by atoms with Gasteiger partial charge in [-0.3, -0.25) is 9.69 Å². The monoisotopic (exact) mass is 429 g/mol. The van der Waals surface area contributed by atoms with Crippen LogP contribution in [0.4, 0.5) is 0 Å². The summed E-state index contributed by atoms with van der Waals surface area (Å²) in [6.07, 6.45) is 0. The number of carbonyl (C=O) groups excluding carboxylic acids is 1. The van der Waals surface area contributed by atoms with Crippen LogP contribution < -0.4 is 5.32 Å². The number of likely N-dealkylation sites (N-methyl/N-ethyl adjacent to an activating group) is 1. The normalized spacial score (nSPS) is 16.8. The molecule has 160 valence electrons. The van der Waals surface area contributed by atoms with Gasteiger partial charge in [-0.2, -0.15) is 0 Å². The summed E-state index contributed by atoms with van der Waals surface area (Å²) < 4.78 is 11.8. The first kappa shape index (κ1) is 21.0. The van der Waals surface area contributed by atoms with Gasteiger partial charge in [0.2, 0.25) is 0 Å². The number of rotatable bonds is 5. The molecule has 30 heavy (non-hydrogen) atoms. The maximum Gasteiger partial charge on any atom is 0.287 e. The maximum absolute atomic E-state index is 13.0. The van der Waals surface area contributed by atoms with E-state index >= 15 is 0 Å². The molecule has 3 heterocycles. The number of hydrogen-bond acceptors (Lipinski definition) is 5. The Bertz CT molecular complexity index is 1060. The van der Waals surface area contributed by atoms with E-state index in [0.29, 0.717) is 22.9 Å². The molecule has 6 nitrogen and oxygen atoms in total. The van der Waals surface area contributed by atoms with Crippen LogP contribution in [0.15, 0.2) is 33.1 Å². The van der Waals surface area contributed by atoms with E-state index < -0.39 is 0 Å². The fraction of sp³-hybridized carbons (Fsp3) is 0.435. The number of carbonyl (C=O) groups is 1. The molecule has 0 unspecified atom stereocenters. The van der Waals surface area contributed by atoms with E-state index in [1.165, 1.54) is 0 Å². The van der Waals surface area contributed by atoms with Crippen LogP contribution in [0.5, 0.6) is 0 Å². The van der Waals surface area contributed by atoms with Crippen LogP contribution in [0, 0.1) is 20.8 Å². The summed E-state index contributed by atoms with van der Waals surface area (Å²) in [5.41, 5.74) is 2.40. The molecule has 0 radical (unpaired) electrons. The zero-order valence-corrected chi connectivity index (χ0v) is 18.7. The minimum absolute atomic E-state index is 0.0160.